The van der Waals surface area contributed by atoms with Crippen LogP contribution in [0.3, 0.4) is 0 Å². The summed E-state index contributed by atoms with van der Waals surface area (Å²) in [6, 6.07) is 17.1. The molecule has 2 amide bonds. The number of hydrogen-bond acceptors (Lipinski definition) is 3. The molecule has 0 spiro atoms. The summed E-state index contributed by atoms with van der Waals surface area (Å²) in [7, 11) is 0. The molecule has 3 rings (SSSR count). The molecular formula is C20H19N5O. The SMILES string of the molecule is C[C@@H](NC(=O)NCC#Cc1ccccc1)c1ccc(-n2ccnn2)cc1. The summed E-state index contributed by atoms with van der Waals surface area (Å²) in [5, 5.41) is 13.4. The normalized spacial score (nSPS) is 11.1. The molecule has 0 bridgehead atoms. The number of benzene rings is 2. The Morgan fingerprint density at radius 1 is 1.15 bits per heavy atom. The molecule has 0 fully saturated rings. The quantitative estimate of drug-likeness (QED) is 0.714. The fraction of sp³-hybridized carbons (Fsp3) is 0.150. The number of aromatic nitrogens is 3. The van der Waals surface area contributed by atoms with Crippen LogP contribution in [-0.2, 0) is 0 Å². The number of carbonyl (C=O) groups excluding carboxylic acids is 1. The molecule has 0 saturated heterocycles. The molecule has 0 aliphatic carbocycles. The van der Waals surface area contributed by atoms with E-state index < -0.39 is 0 Å². The Morgan fingerprint density at radius 3 is 2.62 bits per heavy atom. The van der Waals surface area contributed by atoms with Gasteiger partial charge < -0.3 is 10.6 Å². The van der Waals surface area contributed by atoms with Crippen molar-refractivity contribution in [1.82, 2.24) is 25.6 Å². The Morgan fingerprint density at radius 2 is 1.92 bits per heavy atom. The summed E-state index contributed by atoms with van der Waals surface area (Å²) in [6.45, 7) is 2.22. The lowest BCUT2D eigenvalue weighted by molar-refractivity contribution is 0.239. The van der Waals surface area contributed by atoms with Crippen molar-refractivity contribution in [1.29, 1.82) is 0 Å². The molecule has 6 nitrogen and oxygen atoms in total. The van der Waals surface area contributed by atoms with Crippen LogP contribution in [0.4, 0.5) is 4.79 Å². The van der Waals surface area contributed by atoms with Gasteiger partial charge in [-0.15, -0.1) is 5.10 Å². The fourth-order valence-electron chi connectivity index (χ4n) is 2.38. The standard InChI is InChI=1S/C20H19N5O/c1-16(18-9-11-19(12-10-18)25-15-14-22-24-25)23-20(26)21-13-5-8-17-6-3-2-4-7-17/h2-4,6-7,9-12,14-16H,13H2,1H3,(H2,21,23,26)/t16-/m1/s1. The van der Waals surface area contributed by atoms with Crippen LogP contribution in [0.5, 0.6) is 0 Å². The van der Waals surface area contributed by atoms with E-state index in [0.29, 0.717) is 6.54 Å². The highest BCUT2D eigenvalue weighted by molar-refractivity contribution is 5.74. The van der Waals surface area contributed by atoms with Gasteiger partial charge in [-0.25, -0.2) is 9.48 Å². The van der Waals surface area contributed by atoms with Crippen LogP contribution >= 0.6 is 0 Å². The molecule has 0 radical (unpaired) electrons. The number of carbonyl (C=O) groups is 1. The van der Waals surface area contributed by atoms with Gasteiger partial charge in [-0.1, -0.05) is 47.4 Å². The zero-order valence-electron chi connectivity index (χ0n) is 14.4. The maximum atomic E-state index is 12.0. The molecule has 2 N–H and O–H groups in total. The molecule has 0 aliphatic heterocycles. The largest absolute Gasteiger partial charge is 0.332 e. The molecule has 0 aliphatic rings. The third-order valence-electron chi connectivity index (χ3n) is 3.77. The summed E-state index contributed by atoms with van der Waals surface area (Å²) < 4.78 is 1.68. The molecule has 2 aromatic carbocycles. The molecule has 6 heteroatoms. The lowest BCUT2D eigenvalue weighted by Crippen LogP contribution is -2.37. The van der Waals surface area contributed by atoms with E-state index in [9.17, 15) is 4.79 Å². The third kappa shape index (κ3) is 4.71. The van der Waals surface area contributed by atoms with Gasteiger partial charge in [-0.3, -0.25) is 0 Å². The lowest BCUT2D eigenvalue weighted by atomic mass is 10.1. The van der Waals surface area contributed by atoms with E-state index >= 15 is 0 Å². The monoisotopic (exact) mass is 345 g/mol. The van der Waals surface area contributed by atoms with Crippen molar-refractivity contribution in [3.05, 3.63) is 78.1 Å². The van der Waals surface area contributed by atoms with Crippen LogP contribution in [0.15, 0.2) is 67.0 Å². The van der Waals surface area contributed by atoms with Crippen LogP contribution in [0, 0.1) is 11.8 Å². The summed E-state index contributed by atoms with van der Waals surface area (Å²) in [4.78, 5) is 12.0. The van der Waals surface area contributed by atoms with Gasteiger partial charge in [0.25, 0.3) is 0 Å². The predicted molar refractivity (Wildman–Crippen MR) is 99.6 cm³/mol. The second-order valence-corrected chi connectivity index (χ2v) is 5.66. The van der Waals surface area contributed by atoms with Gasteiger partial charge in [0, 0.05) is 5.56 Å². The van der Waals surface area contributed by atoms with E-state index in [1.807, 2.05) is 61.5 Å². The topological polar surface area (TPSA) is 71.8 Å². The van der Waals surface area contributed by atoms with Crippen LogP contribution < -0.4 is 10.6 Å². The predicted octanol–water partition coefficient (Wildman–Crippen LogP) is 2.68. The van der Waals surface area contributed by atoms with Gasteiger partial charge in [0.2, 0.25) is 0 Å². The summed E-state index contributed by atoms with van der Waals surface area (Å²) in [5.41, 5.74) is 2.84. The van der Waals surface area contributed by atoms with Gasteiger partial charge in [0.05, 0.1) is 30.7 Å². The molecule has 130 valence electrons. The molecule has 26 heavy (non-hydrogen) atoms. The van der Waals surface area contributed by atoms with Crippen molar-refractivity contribution in [2.24, 2.45) is 0 Å². The third-order valence-corrected chi connectivity index (χ3v) is 3.77. The minimum absolute atomic E-state index is 0.123. The minimum atomic E-state index is -0.250. The first-order valence-corrected chi connectivity index (χ1v) is 8.27. The van der Waals surface area contributed by atoms with Crippen molar-refractivity contribution in [3.63, 3.8) is 0 Å². The highest BCUT2D eigenvalue weighted by Gasteiger charge is 2.09. The summed E-state index contributed by atoms with van der Waals surface area (Å²) in [5.74, 6) is 5.93. The van der Waals surface area contributed by atoms with E-state index in [1.165, 1.54) is 0 Å². The minimum Gasteiger partial charge on any atom is -0.332 e. The first kappa shape index (κ1) is 17.2. The number of nitrogens with zero attached hydrogens (tertiary/aromatic N) is 3. The number of rotatable bonds is 4. The van der Waals surface area contributed by atoms with Crippen molar-refractivity contribution in [2.45, 2.75) is 13.0 Å². The number of amides is 2. The van der Waals surface area contributed by atoms with Crippen molar-refractivity contribution in [3.8, 4) is 17.5 Å². The maximum Gasteiger partial charge on any atom is 0.316 e. The van der Waals surface area contributed by atoms with E-state index in [-0.39, 0.29) is 12.1 Å². The maximum absolute atomic E-state index is 12.0. The Kier molecular flexibility index (Phi) is 5.63. The Balaban J connectivity index is 1.49. The van der Waals surface area contributed by atoms with Crippen LogP contribution in [0.2, 0.25) is 0 Å². The highest BCUT2D eigenvalue weighted by Crippen LogP contribution is 2.14. The van der Waals surface area contributed by atoms with Crippen molar-refractivity contribution in [2.75, 3.05) is 6.54 Å². The van der Waals surface area contributed by atoms with Gasteiger partial charge >= 0.3 is 6.03 Å². The summed E-state index contributed by atoms with van der Waals surface area (Å²) in [6.07, 6.45) is 3.41. The lowest BCUT2D eigenvalue weighted by Gasteiger charge is -2.14. The number of hydrogen-bond donors (Lipinski definition) is 2. The van der Waals surface area contributed by atoms with Gasteiger partial charge in [-0.2, -0.15) is 0 Å². The first-order chi connectivity index (χ1) is 12.7. The molecule has 3 aromatic rings. The average molecular weight is 345 g/mol. The van der Waals surface area contributed by atoms with Gasteiger partial charge in [0.15, 0.2) is 0 Å². The molecule has 1 heterocycles. The molecule has 1 atom stereocenters. The van der Waals surface area contributed by atoms with E-state index in [4.69, 9.17) is 0 Å². The van der Waals surface area contributed by atoms with E-state index in [2.05, 4.69) is 32.8 Å². The zero-order valence-corrected chi connectivity index (χ0v) is 14.4. The van der Waals surface area contributed by atoms with E-state index in [1.54, 1.807) is 17.1 Å². The Bertz CT molecular complexity index is 893. The summed E-state index contributed by atoms with van der Waals surface area (Å²) >= 11 is 0. The number of nitrogens with one attached hydrogen (secondary N) is 2. The second kappa shape index (κ2) is 8.49. The van der Waals surface area contributed by atoms with Crippen molar-refractivity contribution < 1.29 is 4.79 Å². The van der Waals surface area contributed by atoms with Crippen LogP contribution in [0.25, 0.3) is 5.69 Å². The van der Waals surface area contributed by atoms with Crippen LogP contribution in [-0.4, -0.2) is 27.6 Å². The average Bonchev–Trinajstić information content (AvgIpc) is 3.21. The highest BCUT2D eigenvalue weighted by atomic mass is 16.2. The zero-order chi connectivity index (χ0) is 18.2. The smallest absolute Gasteiger partial charge is 0.316 e. The second-order valence-electron chi connectivity index (χ2n) is 5.66. The molecular weight excluding hydrogens is 326 g/mol. The fourth-order valence-corrected chi connectivity index (χ4v) is 2.38. The van der Waals surface area contributed by atoms with Crippen LogP contribution in [0.1, 0.15) is 24.1 Å². The van der Waals surface area contributed by atoms with E-state index in [0.717, 1.165) is 16.8 Å². The molecule has 1 aromatic heterocycles. The molecule has 0 unspecified atom stereocenters. The van der Waals surface area contributed by atoms with Gasteiger partial charge in [-0.05, 0) is 36.8 Å². The first-order valence-electron chi connectivity index (χ1n) is 8.27. The Labute approximate surface area is 152 Å². The number of urea groups is 1. The van der Waals surface area contributed by atoms with Gasteiger partial charge in [0.1, 0.15) is 0 Å². The Hall–Kier alpha value is -3.59. The van der Waals surface area contributed by atoms with Crippen molar-refractivity contribution >= 4 is 6.03 Å². The molecule has 0 saturated carbocycles.